The molecule has 0 fully saturated rings. The first-order chi connectivity index (χ1) is 15.2. The van der Waals surface area contributed by atoms with Gasteiger partial charge in [-0.1, -0.05) is 30.0 Å². The Kier molecular flexibility index (Phi) is 5.25. The first kappa shape index (κ1) is 19.5. The van der Waals surface area contributed by atoms with Crippen LogP contribution in [0.4, 0.5) is 0 Å². The van der Waals surface area contributed by atoms with Gasteiger partial charge in [0.05, 0.1) is 18.3 Å². The molecule has 3 heterocycles. The van der Waals surface area contributed by atoms with Gasteiger partial charge in [-0.3, -0.25) is 4.40 Å². The average molecular weight is 432 g/mol. The Morgan fingerprint density at radius 1 is 1.00 bits per heavy atom. The van der Waals surface area contributed by atoms with E-state index in [1.165, 1.54) is 5.56 Å². The van der Waals surface area contributed by atoms with E-state index in [4.69, 9.17) is 4.74 Å². The van der Waals surface area contributed by atoms with Crippen molar-refractivity contribution >= 4 is 28.3 Å². The fourth-order valence-corrected chi connectivity index (χ4v) is 4.54. The molecule has 0 aliphatic rings. The second kappa shape index (κ2) is 8.35. The third-order valence-electron chi connectivity index (χ3n) is 5.19. The fourth-order valence-electron chi connectivity index (χ4n) is 3.65. The highest BCUT2D eigenvalue weighted by atomic mass is 32.2. The van der Waals surface area contributed by atoms with Crippen molar-refractivity contribution in [2.24, 2.45) is 0 Å². The molecule has 156 valence electrons. The molecular formula is C22H21N7OS. The zero-order valence-electron chi connectivity index (χ0n) is 17.3. The van der Waals surface area contributed by atoms with Crippen molar-refractivity contribution in [1.82, 2.24) is 34.8 Å². The molecule has 31 heavy (non-hydrogen) atoms. The number of pyridine rings is 1. The molecule has 8 nitrogen and oxygen atoms in total. The third-order valence-corrected chi connectivity index (χ3v) is 6.20. The van der Waals surface area contributed by atoms with Crippen molar-refractivity contribution in [3.05, 3.63) is 66.0 Å². The van der Waals surface area contributed by atoms with E-state index in [1.807, 2.05) is 42.5 Å². The summed E-state index contributed by atoms with van der Waals surface area (Å²) in [7, 11) is 1.68. The van der Waals surface area contributed by atoms with Gasteiger partial charge in [-0.2, -0.15) is 4.68 Å². The smallest absolute Gasteiger partial charge is 0.196 e. The van der Waals surface area contributed by atoms with Crippen LogP contribution in [-0.4, -0.2) is 47.7 Å². The maximum absolute atomic E-state index is 5.43. The topological polar surface area (TPSA) is 83.0 Å². The Morgan fingerprint density at radius 3 is 2.71 bits per heavy atom. The summed E-state index contributed by atoms with van der Waals surface area (Å²) in [4.78, 5) is 0. The van der Waals surface area contributed by atoms with E-state index in [2.05, 4.69) is 49.2 Å². The van der Waals surface area contributed by atoms with Crippen LogP contribution in [0.25, 0.3) is 22.2 Å². The van der Waals surface area contributed by atoms with Crippen molar-refractivity contribution in [2.45, 2.75) is 24.9 Å². The monoisotopic (exact) mass is 431 g/mol. The number of benzene rings is 2. The number of hydrogen-bond acceptors (Lipinski definition) is 7. The van der Waals surface area contributed by atoms with Crippen LogP contribution in [-0.2, 0) is 6.42 Å². The Balaban J connectivity index is 1.34. The minimum atomic E-state index is 0.777. The van der Waals surface area contributed by atoms with Crippen LogP contribution in [0.15, 0.2) is 59.8 Å². The van der Waals surface area contributed by atoms with Gasteiger partial charge in [-0.05, 0) is 59.7 Å². The minimum Gasteiger partial charge on any atom is -0.497 e. The Morgan fingerprint density at radius 2 is 1.87 bits per heavy atom. The number of thioether (sulfide) groups is 1. The Labute approximate surface area is 183 Å². The van der Waals surface area contributed by atoms with Gasteiger partial charge in [0.1, 0.15) is 5.75 Å². The van der Waals surface area contributed by atoms with Crippen LogP contribution in [0.3, 0.4) is 0 Å². The highest BCUT2D eigenvalue weighted by molar-refractivity contribution is 7.99. The molecule has 0 amide bonds. The molecule has 0 radical (unpaired) electrons. The lowest BCUT2D eigenvalue weighted by Crippen LogP contribution is -2.03. The van der Waals surface area contributed by atoms with Crippen LogP contribution in [0.1, 0.15) is 17.8 Å². The molecular weight excluding hydrogens is 410 g/mol. The number of ether oxygens (including phenoxy) is 1. The minimum absolute atomic E-state index is 0.777. The van der Waals surface area contributed by atoms with Crippen LogP contribution >= 0.6 is 11.8 Å². The van der Waals surface area contributed by atoms with Crippen LogP contribution in [0, 0.1) is 6.92 Å². The molecule has 0 unspecified atom stereocenters. The van der Waals surface area contributed by atoms with Crippen LogP contribution < -0.4 is 4.74 Å². The van der Waals surface area contributed by atoms with Gasteiger partial charge in [-0.15, -0.1) is 15.3 Å². The Hall–Kier alpha value is -3.46. The standard InChI is InChI=1S/C22H21N7OS/c1-15-13-21-23-25-22(28(21)19-14-17(30-2)10-11-18(15)19)31-12-6-9-20-24-26-27-29(20)16-7-4-3-5-8-16/h3-5,7-8,10-11,13-14H,6,9,12H2,1-2H3. The SMILES string of the molecule is COc1ccc2c(C)cc3nnc(SCCCc4nnnn4-c4ccccc4)n3c2c1. The quantitative estimate of drug-likeness (QED) is 0.285. The summed E-state index contributed by atoms with van der Waals surface area (Å²) in [6, 6.07) is 18.1. The number of nitrogens with zero attached hydrogens (tertiary/aromatic N) is 7. The summed E-state index contributed by atoms with van der Waals surface area (Å²) < 4.78 is 9.33. The molecule has 0 saturated heterocycles. The number of methoxy groups -OCH3 is 1. The fraction of sp³-hybridized carbons (Fsp3) is 0.227. The summed E-state index contributed by atoms with van der Waals surface area (Å²) in [5.41, 5.74) is 4.03. The van der Waals surface area contributed by atoms with Crippen molar-refractivity contribution in [3.63, 3.8) is 0 Å². The van der Waals surface area contributed by atoms with Crippen LogP contribution in [0.5, 0.6) is 5.75 Å². The van der Waals surface area contributed by atoms with Crippen molar-refractivity contribution in [3.8, 4) is 11.4 Å². The van der Waals surface area contributed by atoms with Gasteiger partial charge in [0.15, 0.2) is 16.6 Å². The predicted octanol–water partition coefficient (Wildman–Crippen LogP) is 3.90. The summed E-state index contributed by atoms with van der Waals surface area (Å²) in [5, 5.41) is 23.0. The van der Waals surface area contributed by atoms with E-state index >= 15 is 0 Å². The molecule has 0 aliphatic carbocycles. The van der Waals surface area contributed by atoms with Gasteiger partial charge in [0.2, 0.25) is 0 Å². The van der Waals surface area contributed by atoms with E-state index in [0.717, 1.165) is 57.6 Å². The van der Waals surface area contributed by atoms with Crippen molar-refractivity contribution in [2.75, 3.05) is 12.9 Å². The molecule has 9 heteroatoms. The lowest BCUT2D eigenvalue weighted by molar-refractivity contribution is 0.415. The number of hydrogen-bond donors (Lipinski definition) is 0. The molecule has 3 aromatic heterocycles. The first-order valence-corrected chi connectivity index (χ1v) is 11.0. The summed E-state index contributed by atoms with van der Waals surface area (Å²) in [5.74, 6) is 2.54. The van der Waals surface area contributed by atoms with Gasteiger partial charge in [0.25, 0.3) is 0 Å². The Bertz CT molecular complexity index is 1350. The van der Waals surface area contributed by atoms with E-state index in [-0.39, 0.29) is 0 Å². The molecule has 0 N–H and O–H groups in total. The molecule has 0 spiro atoms. The maximum atomic E-state index is 5.43. The first-order valence-electron chi connectivity index (χ1n) is 10.0. The van der Waals surface area contributed by atoms with Gasteiger partial charge in [-0.25, -0.2) is 0 Å². The number of tetrazole rings is 1. The van der Waals surface area contributed by atoms with E-state index < -0.39 is 0 Å². The normalized spacial score (nSPS) is 11.4. The molecule has 5 rings (SSSR count). The predicted molar refractivity (Wildman–Crippen MR) is 120 cm³/mol. The number of fused-ring (bicyclic) bond motifs is 3. The third kappa shape index (κ3) is 3.72. The average Bonchev–Trinajstić information content (AvgIpc) is 3.44. The van der Waals surface area contributed by atoms with Crippen LogP contribution in [0.2, 0.25) is 0 Å². The number of para-hydroxylation sites is 1. The van der Waals surface area contributed by atoms with Crippen molar-refractivity contribution < 1.29 is 4.74 Å². The summed E-state index contributed by atoms with van der Waals surface area (Å²) in [6.07, 6.45) is 1.69. The van der Waals surface area contributed by atoms with Gasteiger partial charge >= 0.3 is 0 Å². The van der Waals surface area contributed by atoms with E-state index in [9.17, 15) is 0 Å². The summed E-state index contributed by atoms with van der Waals surface area (Å²) in [6.45, 7) is 2.09. The molecule has 0 aliphatic heterocycles. The van der Waals surface area contributed by atoms with E-state index in [1.54, 1.807) is 23.6 Å². The molecule has 0 atom stereocenters. The zero-order valence-corrected chi connectivity index (χ0v) is 18.1. The second-order valence-corrected chi connectivity index (χ2v) is 8.24. The number of rotatable bonds is 7. The lowest BCUT2D eigenvalue weighted by Gasteiger charge is -2.09. The molecule has 5 aromatic rings. The van der Waals surface area contributed by atoms with Gasteiger partial charge in [0, 0.05) is 23.6 Å². The highest BCUT2D eigenvalue weighted by Gasteiger charge is 2.13. The second-order valence-electron chi connectivity index (χ2n) is 7.18. The van der Waals surface area contributed by atoms with E-state index in [0.29, 0.717) is 0 Å². The molecule has 0 bridgehead atoms. The number of aryl methyl sites for hydroxylation is 2. The zero-order chi connectivity index (χ0) is 21.2. The lowest BCUT2D eigenvalue weighted by atomic mass is 10.1. The largest absolute Gasteiger partial charge is 0.497 e. The molecule has 2 aromatic carbocycles. The maximum Gasteiger partial charge on any atom is 0.196 e. The summed E-state index contributed by atoms with van der Waals surface area (Å²) >= 11 is 1.68. The van der Waals surface area contributed by atoms with Crippen molar-refractivity contribution in [1.29, 1.82) is 0 Å². The number of aromatic nitrogens is 7. The highest BCUT2D eigenvalue weighted by Crippen LogP contribution is 2.29. The van der Waals surface area contributed by atoms with Gasteiger partial charge < -0.3 is 4.74 Å². The molecule has 0 saturated carbocycles.